The number of rotatable bonds is 2. The van der Waals surface area contributed by atoms with Gasteiger partial charge in [-0.3, -0.25) is 4.40 Å². The molecule has 0 amide bonds. The quantitative estimate of drug-likeness (QED) is 0.787. The van der Waals surface area contributed by atoms with E-state index in [-0.39, 0.29) is 11.4 Å². The minimum atomic E-state index is -1.13. The minimum absolute atomic E-state index is 0.0757. The molecule has 2 rings (SSSR count). The summed E-state index contributed by atoms with van der Waals surface area (Å²) < 4.78 is 6.10. The molecule has 2 heterocycles. The van der Waals surface area contributed by atoms with Crippen molar-refractivity contribution in [3.63, 3.8) is 0 Å². The summed E-state index contributed by atoms with van der Waals surface area (Å²) in [4.78, 5) is 26.4. The zero-order chi connectivity index (χ0) is 12.6. The van der Waals surface area contributed by atoms with Gasteiger partial charge in [-0.2, -0.15) is 0 Å². The number of pyridine rings is 1. The van der Waals surface area contributed by atoms with Gasteiger partial charge < -0.3 is 9.84 Å². The predicted octanol–water partition coefficient (Wildman–Crippen LogP) is 1.13. The van der Waals surface area contributed by atoms with Gasteiger partial charge in [-0.15, -0.1) is 0 Å². The highest BCUT2D eigenvalue weighted by Crippen LogP contribution is 2.16. The predicted molar refractivity (Wildman–Crippen MR) is 58.2 cm³/mol. The molecule has 0 atom stereocenters. The number of ether oxygens (including phenoxy) is 1. The van der Waals surface area contributed by atoms with E-state index in [1.165, 1.54) is 11.5 Å². The lowest BCUT2D eigenvalue weighted by Gasteiger charge is -2.04. The molecule has 0 aliphatic heterocycles. The number of aromatic nitrogens is 2. The van der Waals surface area contributed by atoms with Crippen LogP contribution in [-0.2, 0) is 4.74 Å². The third-order valence-electron chi connectivity index (χ3n) is 2.43. The number of methoxy groups -OCH3 is 1. The summed E-state index contributed by atoms with van der Waals surface area (Å²) in [6, 6.07) is 4.74. The standard InChI is InChI=1S/C11H10N2O4/c1-6-12-9(10(14)15)7-4-3-5-8(13(6)7)11(16)17-2/h3-5H,1-2H3,(H,14,15). The number of imidazole rings is 1. The maximum Gasteiger partial charge on any atom is 0.356 e. The van der Waals surface area contributed by atoms with Crippen LogP contribution in [0.1, 0.15) is 26.8 Å². The number of carbonyl (C=O) groups excluding carboxylic acids is 1. The number of aryl methyl sites for hydroxylation is 1. The summed E-state index contributed by atoms with van der Waals surface area (Å²) in [6.07, 6.45) is 0. The number of aromatic carboxylic acids is 1. The molecule has 0 unspecified atom stereocenters. The zero-order valence-corrected chi connectivity index (χ0v) is 9.30. The molecule has 2 aromatic rings. The molecule has 17 heavy (non-hydrogen) atoms. The largest absolute Gasteiger partial charge is 0.476 e. The molecule has 2 aromatic heterocycles. The van der Waals surface area contributed by atoms with Gasteiger partial charge >= 0.3 is 11.9 Å². The van der Waals surface area contributed by atoms with Gasteiger partial charge in [-0.05, 0) is 19.1 Å². The molecular formula is C11H10N2O4. The second-order valence-electron chi connectivity index (χ2n) is 3.44. The summed E-state index contributed by atoms with van der Waals surface area (Å²) in [6.45, 7) is 1.63. The number of nitrogens with zero attached hydrogens (tertiary/aromatic N) is 2. The lowest BCUT2D eigenvalue weighted by atomic mass is 10.3. The van der Waals surface area contributed by atoms with Crippen molar-refractivity contribution in [1.29, 1.82) is 0 Å². The van der Waals surface area contributed by atoms with Crippen LogP contribution in [-0.4, -0.2) is 33.5 Å². The van der Waals surface area contributed by atoms with Gasteiger partial charge in [0.05, 0.1) is 12.6 Å². The van der Waals surface area contributed by atoms with Gasteiger partial charge in [-0.1, -0.05) is 6.07 Å². The highest BCUT2D eigenvalue weighted by molar-refractivity contribution is 5.96. The Kier molecular flexibility index (Phi) is 2.55. The van der Waals surface area contributed by atoms with Crippen molar-refractivity contribution in [2.45, 2.75) is 6.92 Å². The highest BCUT2D eigenvalue weighted by Gasteiger charge is 2.19. The second kappa shape index (κ2) is 3.89. The Morgan fingerprint density at radius 1 is 1.41 bits per heavy atom. The highest BCUT2D eigenvalue weighted by atomic mass is 16.5. The van der Waals surface area contributed by atoms with E-state index in [1.807, 2.05) is 0 Å². The monoisotopic (exact) mass is 234 g/mol. The van der Waals surface area contributed by atoms with Crippen LogP contribution in [0.5, 0.6) is 0 Å². The Labute approximate surface area is 96.5 Å². The molecule has 0 fully saturated rings. The van der Waals surface area contributed by atoms with Crippen LogP contribution >= 0.6 is 0 Å². The molecule has 6 nitrogen and oxygen atoms in total. The number of fused-ring (bicyclic) bond motifs is 1. The Hall–Kier alpha value is -2.37. The summed E-state index contributed by atoms with van der Waals surface area (Å²) in [5.41, 5.74) is 0.550. The van der Waals surface area contributed by atoms with Gasteiger partial charge in [0.2, 0.25) is 0 Å². The molecule has 0 saturated carbocycles. The summed E-state index contributed by atoms with van der Waals surface area (Å²) >= 11 is 0. The van der Waals surface area contributed by atoms with Crippen LogP contribution in [0.4, 0.5) is 0 Å². The van der Waals surface area contributed by atoms with Crippen molar-refractivity contribution in [1.82, 2.24) is 9.38 Å². The Morgan fingerprint density at radius 3 is 2.71 bits per heavy atom. The lowest BCUT2D eigenvalue weighted by Crippen LogP contribution is -2.08. The summed E-state index contributed by atoms with van der Waals surface area (Å²) in [7, 11) is 1.27. The van der Waals surface area contributed by atoms with E-state index in [1.54, 1.807) is 25.1 Å². The van der Waals surface area contributed by atoms with Crippen LogP contribution in [0.15, 0.2) is 18.2 Å². The van der Waals surface area contributed by atoms with E-state index in [0.717, 1.165) is 0 Å². The van der Waals surface area contributed by atoms with Crippen molar-refractivity contribution in [2.24, 2.45) is 0 Å². The molecule has 0 aliphatic rings. The number of hydrogen-bond acceptors (Lipinski definition) is 4. The van der Waals surface area contributed by atoms with Crippen LogP contribution in [0.2, 0.25) is 0 Å². The maximum atomic E-state index is 11.5. The average Bonchev–Trinajstić information content (AvgIpc) is 2.66. The molecular weight excluding hydrogens is 224 g/mol. The molecule has 1 N–H and O–H groups in total. The molecule has 88 valence electrons. The Bertz CT molecular complexity index is 615. The minimum Gasteiger partial charge on any atom is -0.476 e. The van der Waals surface area contributed by atoms with E-state index in [0.29, 0.717) is 11.3 Å². The number of carbonyl (C=O) groups is 2. The maximum absolute atomic E-state index is 11.5. The first-order valence-electron chi connectivity index (χ1n) is 4.86. The number of carboxylic acids is 1. The fourth-order valence-electron chi connectivity index (χ4n) is 1.73. The molecule has 0 radical (unpaired) electrons. The average molecular weight is 234 g/mol. The topological polar surface area (TPSA) is 80.9 Å². The zero-order valence-electron chi connectivity index (χ0n) is 9.30. The number of carboxylic acid groups (broad SMARTS) is 1. The summed E-state index contributed by atoms with van der Waals surface area (Å²) in [5.74, 6) is -1.23. The fraction of sp³-hybridized carbons (Fsp3) is 0.182. The van der Waals surface area contributed by atoms with E-state index < -0.39 is 11.9 Å². The van der Waals surface area contributed by atoms with Gasteiger partial charge in [0.25, 0.3) is 0 Å². The number of hydrogen-bond donors (Lipinski definition) is 1. The van der Waals surface area contributed by atoms with Crippen molar-refractivity contribution in [3.8, 4) is 0 Å². The molecule has 6 heteroatoms. The van der Waals surface area contributed by atoms with Gasteiger partial charge in [0, 0.05) is 0 Å². The molecule has 0 spiro atoms. The first kappa shape index (κ1) is 11.1. The lowest BCUT2D eigenvalue weighted by molar-refractivity contribution is 0.0590. The van der Waals surface area contributed by atoms with Crippen molar-refractivity contribution < 1.29 is 19.4 Å². The molecule has 0 saturated heterocycles. The second-order valence-corrected chi connectivity index (χ2v) is 3.44. The normalized spacial score (nSPS) is 10.5. The van der Waals surface area contributed by atoms with Crippen molar-refractivity contribution in [2.75, 3.05) is 7.11 Å². The third-order valence-corrected chi connectivity index (χ3v) is 2.43. The first-order valence-corrected chi connectivity index (χ1v) is 4.86. The van der Waals surface area contributed by atoms with E-state index in [2.05, 4.69) is 9.72 Å². The summed E-state index contributed by atoms with van der Waals surface area (Å²) in [5, 5.41) is 8.99. The van der Waals surface area contributed by atoms with Gasteiger partial charge in [0.1, 0.15) is 11.5 Å². The fourth-order valence-corrected chi connectivity index (χ4v) is 1.73. The Balaban J connectivity index is 2.82. The molecule has 0 aromatic carbocycles. The van der Waals surface area contributed by atoms with Crippen LogP contribution < -0.4 is 0 Å². The Morgan fingerprint density at radius 2 is 2.12 bits per heavy atom. The van der Waals surface area contributed by atoms with E-state index in [9.17, 15) is 9.59 Å². The van der Waals surface area contributed by atoms with Crippen LogP contribution in [0.25, 0.3) is 5.52 Å². The smallest absolute Gasteiger partial charge is 0.356 e. The van der Waals surface area contributed by atoms with E-state index >= 15 is 0 Å². The molecule has 0 bridgehead atoms. The van der Waals surface area contributed by atoms with Gasteiger partial charge in [-0.25, -0.2) is 14.6 Å². The van der Waals surface area contributed by atoms with Crippen LogP contribution in [0, 0.1) is 6.92 Å². The molecule has 0 aliphatic carbocycles. The first-order chi connectivity index (χ1) is 8.06. The number of esters is 1. The van der Waals surface area contributed by atoms with Crippen LogP contribution in [0.3, 0.4) is 0 Å². The van der Waals surface area contributed by atoms with Gasteiger partial charge in [0.15, 0.2) is 5.69 Å². The van der Waals surface area contributed by atoms with Crippen molar-refractivity contribution >= 4 is 17.5 Å². The SMILES string of the molecule is COC(=O)c1cccc2c(C(=O)O)nc(C)n12. The van der Waals surface area contributed by atoms with E-state index in [4.69, 9.17) is 5.11 Å². The third kappa shape index (κ3) is 1.63. The van der Waals surface area contributed by atoms with Crippen molar-refractivity contribution in [3.05, 3.63) is 35.4 Å².